The Balaban J connectivity index is 0.000000209. The molecule has 4 heterocycles. The molecule has 0 bridgehead atoms. The SMILES string of the molecule is C[Si](C)c1ccc(-c2ccccn2)nc1.C[Si](C)c1ccc(-c2ccccn2)nc1.[Br][Ru][Br]. The molecule has 0 unspecified atom stereocenters. The molecule has 0 aliphatic rings. The predicted octanol–water partition coefficient (Wildman–Crippen LogP) is 5.90. The van der Waals surface area contributed by atoms with E-state index in [2.05, 4.69) is 97.6 Å². The van der Waals surface area contributed by atoms with Crippen molar-refractivity contribution < 1.29 is 13.2 Å². The molecule has 33 heavy (non-hydrogen) atoms. The van der Waals surface area contributed by atoms with Crippen molar-refractivity contribution >= 4 is 55.2 Å². The van der Waals surface area contributed by atoms with Crippen molar-refractivity contribution in [1.82, 2.24) is 19.9 Å². The first kappa shape index (κ1) is 27.9. The van der Waals surface area contributed by atoms with E-state index in [1.807, 2.05) is 48.8 Å². The molecule has 4 rings (SSSR count). The van der Waals surface area contributed by atoms with Crippen LogP contribution in [-0.4, -0.2) is 37.5 Å². The van der Waals surface area contributed by atoms with E-state index in [0.29, 0.717) is 13.2 Å². The van der Waals surface area contributed by atoms with Crippen LogP contribution in [0.25, 0.3) is 22.8 Å². The predicted molar refractivity (Wildman–Crippen MR) is 147 cm³/mol. The van der Waals surface area contributed by atoms with Crippen molar-refractivity contribution in [3.8, 4) is 22.8 Å². The molecule has 0 fully saturated rings. The quantitative estimate of drug-likeness (QED) is 0.251. The molecule has 172 valence electrons. The molecule has 0 saturated carbocycles. The number of rotatable bonds is 4. The molecular weight excluding hydrogens is 661 g/mol. The summed E-state index contributed by atoms with van der Waals surface area (Å²) in [4.78, 5) is 17.4. The summed E-state index contributed by atoms with van der Waals surface area (Å²) >= 11 is 6.64. The fourth-order valence-electron chi connectivity index (χ4n) is 2.71. The molecule has 0 N–H and O–H groups in total. The van der Waals surface area contributed by atoms with Gasteiger partial charge in [-0.1, -0.05) is 50.5 Å². The summed E-state index contributed by atoms with van der Waals surface area (Å²) < 4.78 is 0. The summed E-state index contributed by atoms with van der Waals surface area (Å²) in [6, 6.07) is 20.2. The standard InChI is InChI=1S/2C12H13N2Si.2BrH.Ru/c2*1-15(2)10-6-7-12(14-9-10)11-5-3-4-8-13-11;;;/h2*3-9H,1-2H3;2*1H;/q;;;;+2/p-2. The van der Waals surface area contributed by atoms with E-state index in [9.17, 15) is 0 Å². The molecule has 0 saturated heterocycles. The third kappa shape index (κ3) is 9.79. The van der Waals surface area contributed by atoms with Crippen LogP contribution in [0.5, 0.6) is 0 Å². The van der Waals surface area contributed by atoms with Crippen LogP contribution in [0.4, 0.5) is 0 Å². The minimum absolute atomic E-state index is 0.335. The van der Waals surface area contributed by atoms with Crippen LogP contribution in [0, 0.1) is 0 Å². The second kappa shape index (κ2) is 15.5. The van der Waals surface area contributed by atoms with Crippen LogP contribution in [0.2, 0.25) is 26.2 Å². The van der Waals surface area contributed by atoms with Crippen LogP contribution in [0.15, 0.2) is 85.5 Å². The average molecular weight is 688 g/mol. The number of halogens is 2. The van der Waals surface area contributed by atoms with Crippen LogP contribution in [-0.2, 0) is 13.2 Å². The van der Waals surface area contributed by atoms with E-state index in [1.165, 1.54) is 10.4 Å². The number of hydrogen-bond donors (Lipinski definition) is 0. The Hall–Kier alpha value is -1.38. The van der Waals surface area contributed by atoms with Gasteiger partial charge < -0.3 is 0 Å². The molecule has 4 nitrogen and oxygen atoms in total. The Morgan fingerprint density at radius 3 is 1.15 bits per heavy atom. The monoisotopic (exact) mass is 686 g/mol. The summed E-state index contributed by atoms with van der Waals surface area (Å²) in [7, 11) is -0.786. The number of aromatic nitrogens is 4. The first-order chi connectivity index (χ1) is 16.0. The first-order valence-corrected chi connectivity index (χ1v) is 23.1. The zero-order chi connectivity index (χ0) is 24.1. The Morgan fingerprint density at radius 1 is 0.545 bits per heavy atom. The molecule has 4 aromatic rings. The topological polar surface area (TPSA) is 51.6 Å². The van der Waals surface area contributed by atoms with E-state index in [4.69, 9.17) is 0 Å². The van der Waals surface area contributed by atoms with Gasteiger partial charge in [0.25, 0.3) is 0 Å². The van der Waals surface area contributed by atoms with Gasteiger partial charge in [-0.05, 0) is 46.8 Å². The summed E-state index contributed by atoms with van der Waals surface area (Å²) in [6.45, 7) is 9.06. The van der Waals surface area contributed by atoms with Gasteiger partial charge in [0.15, 0.2) is 0 Å². The van der Waals surface area contributed by atoms with E-state index in [-0.39, 0.29) is 0 Å². The Morgan fingerprint density at radius 2 is 0.909 bits per heavy atom. The van der Waals surface area contributed by atoms with Crippen LogP contribution in [0.3, 0.4) is 0 Å². The summed E-state index contributed by atoms with van der Waals surface area (Å²) in [5, 5.41) is 2.72. The van der Waals surface area contributed by atoms with Gasteiger partial charge in [0.2, 0.25) is 0 Å². The average Bonchev–Trinajstić information content (AvgIpc) is 2.86. The van der Waals surface area contributed by atoms with Crippen LogP contribution < -0.4 is 10.4 Å². The van der Waals surface area contributed by atoms with Gasteiger partial charge in [0.05, 0.1) is 40.4 Å². The molecule has 0 aliphatic heterocycles. The zero-order valence-electron chi connectivity index (χ0n) is 19.0. The van der Waals surface area contributed by atoms with Crippen LogP contribution >= 0.6 is 27.2 Å². The first-order valence-electron chi connectivity index (χ1n) is 10.2. The van der Waals surface area contributed by atoms with Crippen molar-refractivity contribution in [3.05, 3.63) is 85.5 Å². The fourth-order valence-corrected chi connectivity index (χ4v) is 4.19. The van der Waals surface area contributed by atoms with E-state index >= 15 is 0 Å². The molecule has 2 radical (unpaired) electrons. The van der Waals surface area contributed by atoms with Crippen molar-refractivity contribution in [2.75, 3.05) is 0 Å². The van der Waals surface area contributed by atoms with Crippen molar-refractivity contribution in [2.45, 2.75) is 26.2 Å². The van der Waals surface area contributed by atoms with Gasteiger partial charge in [-0.3, -0.25) is 19.9 Å². The van der Waals surface area contributed by atoms with Crippen molar-refractivity contribution in [3.63, 3.8) is 0 Å². The van der Waals surface area contributed by atoms with Gasteiger partial charge in [0.1, 0.15) is 0 Å². The molecule has 9 heteroatoms. The zero-order valence-corrected chi connectivity index (χ0v) is 25.9. The number of pyridine rings is 4. The third-order valence-corrected chi connectivity index (χ3v) is 7.44. The molecule has 0 aliphatic carbocycles. The van der Waals surface area contributed by atoms with E-state index in [1.54, 1.807) is 12.4 Å². The summed E-state index contributed by atoms with van der Waals surface area (Å²) in [5.74, 6) is 0. The minimum atomic E-state index is -0.393. The van der Waals surface area contributed by atoms with Crippen LogP contribution in [0.1, 0.15) is 0 Å². The third-order valence-electron chi connectivity index (χ3n) is 4.54. The second-order valence-corrected chi connectivity index (χ2v) is 20.5. The number of nitrogens with zero attached hydrogens (tertiary/aromatic N) is 4. The molecular formula is C24H26Br2N4RuSi2. The Labute approximate surface area is 221 Å². The fraction of sp³-hybridized carbons (Fsp3) is 0.167. The van der Waals surface area contributed by atoms with Gasteiger partial charge in [-0.25, -0.2) is 0 Å². The summed E-state index contributed by atoms with van der Waals surface area (Å²) in [5.41, 5.74) is 3.76. The second-order valence-electron chi connectivity index (χ2n) is 7.34. The molecule has 0 aromatic carbocycles. The number of hydrogen-bond acceptors (Lipinski definition) is 4. The normalized spacial score (nSPS) is 10.3. The van der Waals surface area contributed by atoms with E-state index < -0.39 is 17.6 Å². The van der Waals surface area contributed by atoms with Gasteiger partial charge in [-0.2, -0.15) is 0 Å². The van der Waals surface area contributed by atoms with Crippen molar-refractivity contribution in [1.29, 1.82) is 0 Å². The van der Waals surface area contributed by atoms with Crippen molar-refractivity contribution in [2.24, 2.45) is 0 Å². The Kier molecular flexibility index (Phi) is 13.1. The molecule has 4 aromatic heterocycles. The van der Waals surface area contributed by atoms with Gasteiger partial charge in [0, 0.05) is 24.8 Å². The molecule has 0 spiro atoms. The summed E-state index contributed by atoms with van der Waals surface area (Å²) in [6.07, 6.45) is 7.52. The maximum atomic E-state index is 4.43. The molecule has 0 atom stereocenters. The van der Waals surface area contributed by atoms with E-state index in [0.717, 1.165) is 22.8 Å². The van der Waals surface area contributed by atoms with Gasteiger partial charge in [-0.15, -0.1) is 0 Å². The maximum absolute atomic E-state index is 4.43. The Bertz CT molecular complexity index is 966. The van der Waals surface area contributed by atoms with Gasteiger partial charge >= 0.3 is 40.5 Å². The molecule has 0 amide bonds.